The molecule has 3 aromatic rings. The summed E-state index contributed by atoms with van der Waals surface area (Å²) in [4.78, 5) is 28.0. The van der Waals surface area contributed by atoms with Gasteiger partial charge in [0.05, 0.1) is 16.5 Å². The van der Waals surface area contributed by atoms with Crippen molar-refractivity contribution < 1.29 is 19.4 Å². The molecule has 0 saturated carbocycles. The molecule has 1 amide bonds. The van der Waals surface area contributed by atoms with E-state index >= 15 is 0 Å². The van der Waals surface area contributed by atoms with Crippen LogP contribution in [0.25, 0.3) is 0 Å². The van der Waals surface area contributed by atoms with E-state index in [4.69, 9.17) is 4.74 Å². The third kappa shape index (κ3) is 3.53. The molecule has 0 saturated heterocycles. The molecule has 1 aliphatic heterocycles. The second-order valence-corrected chi connectivity index (χ2v) is 8.53. The van der Waals surface area contributed by atoms with Crippen molar-refractivity contribution in [2.75, 3.05) is 11.5 Å². The molecular weight excluding hydrogens is 422 g/mol. The highest BCUT2D eigenvalue weighted by Gasteiger charge is 2.46. The number of ketones is 1. The van der Waals surface area contributed by atoms with Crippen LogP contribution in [0.4, 0.5) is 5.13 Å². The first-order valence-electron chi connectivity index (χ1n) is 9.00. The standard InChI is InChI=1S/C21H17N3O4S2/c1-3-9-28-14-7-4-6-13(11-14)17-16(18(25)15-8-5-10-29-15)19(26)20(27)24(17)21-23-22-12(2)30-21/h3-8,10-11,17,26H,1,9H2,2H3. The lowest BCUT2D eigenvalue weighted by atomic mass is 9.95. The van der Waals surface area contributed by atoms with Gasteiger partial charge in [-0.1, -0.05) is 42.2 Å². The van der Waals surface area contributed by atoms with E-state index in [1.807, 2.05) is 0 Å². The first-order chi connectivity index (χ1) is 14.5. The lowest BCUT2D eigenvalue weighted by Gasteiger charge is -2.24. The highest BCUT2D eigenvalue weighted by molar-refractivity contribution is 7.15. The normalized spacial score (nSPS) is 16.2. The van der Waals surface area contributed by atoms with Gasteiger partial charge in [-0.3, -0.25) is 14.5 Å². The van der Waals surface area contributed by atoms with E-state index in [2.05, 4.69) is 16.8 Å². The Morgan fingerprint density at radius 3 is 2.83 bits per heavy atom. The number of hydrogen-bond acceptors (Lipinski definition) is 8. The number of carbonyl (C=O) groups is 2. The van der Waals surface area contributed by atoms with Gasteiger partial charge in [0, 0.05) is 0 Å². The fraction of sp³-hybridized carbons (Fsp3) is 0.143. The molecular formula is C21H17N3O4S2. The molecule has 0 aliphatic carbocycles. The molecule has 4 rings (SSSR count). The average Bonchev–Trinajstić information content (AvgIpc) is 3.47. The molecule has 1 atom stereocenters. The molecule has 0 spiro atoms. The lowest BCUT2D eigenvalue weighted by molar-refractivity contribution is -0.117. The Hall–Kier alpha value is -3.30. The molecule has 3 heterocycles. The minimum atomic E-state index is -0.855. The van der Waals surface area contributed by atoms with Crippen molar-refractivity contribution in [2.24, 2.45) is 0 Å². The Labute approximate surface area is 180 Å². The van der Waals surface area contributed by atoms with Gasteiger partial charge in [0.15, 0.2) is 5.76 Å². The Morgan fingerprint density at radius 2 is 2.17 bits per heavy atom. The summed E-state index contributed by atoms with van der Waals surface area (Å²) in [7, 11) is 0. The van der Waals surface area contributed by atoms with Crippen molar-refractivity contribution in [3.8, 4) is 5.75 Å². The first kappa shape index (κ1) is 20.0. The van der Waals surface area contributed by atoms with E-state index in [9.17, 15) is 14.7 Å². The maximum Gasteiger partial charge on any atom is 0.296 e. The summed E-state index contributed by atoms with van der Waals surface area (Å²) in [5, 5.41) is 21.5. The van der Waals surface area contributed by atoms with Crippen LogP contribution in [-0.4, -0.2) is 33.6 Å². The number of hydrogen-bond donors (Lipinski definition) is 1. The van der Waals surface area contributed by atoms with Crippen LogP contribution < -0.4 is 9.64 Å². The van der Waals surface area contributed by atoms with Crippen molar-refractivity contribution in [2.45, 2.75) is 13.0 Å². The van der Waals surface area contributed by atoms with Gasteiger partial charge in [-0.25, -0.2) is 0 Å². The van der Waals surface area contributed by atoms with Gasteiger partial charge in [-0.2, -0.15) is 0 Å². The molecule has 1 aliphatic rings. The number of ether oxygens (including phenoxy) is 1. The van der Waals surface area contributed by atoms with Gasteiger partial charge in [0.25, 0.3) is 5.91 Å². The van der Waals surface area contributed by atoms with Crippen molar-refractivity contribution in [1.29, 1.82) is 0 Å². The third-order valence-electron chi connectivity index (χ3n) is 4.46. The third-order valence-corrected chi connectivity index (χ3v) is 6.17. The topological polar surface area (TPSA) is 92.6 Å². The molecule has 0 bridgehead atoms. The molecule has 9 heteroatoms. The van der Waals surface area contributed by atoms with Crippen LogP contribution in [0.15, 0.2) is 65.8 Å². The summed E-state index contributed by atoms with van der Waals surface area (Å²) in [5.74, 6) is -1.11. The largest absolute Gasteiger partial charge is 0.503 e. The van der Waals surface area contributed by atoms with Crippen molar-refractivity contribution in [1.82, 2.24) is 10.2 Å². The molecule has 1 aromatic carbocycles. The van der Waals surface area contributed by atoms with Gasteiger partial charge in [0.2, 0.25) is 10.9 Å². The first-order valence-corrected chi connectivity index (χ1v) is 10.7. The molecule has 1 N–H and O–H groups in total. The average molecular weight is 440 g/mol. The molecule has 0 fully saturated rings. The number of aromatic nitrogens is 2. The molecule has 152 valence electrons. The van der Waals surface area contributed by atoms with Gasteiger partial charge < -0.3 is 9.84 Å². The number of anilines is 1. The Kier molecular flexibility index (Phi) is 5.47. The van der Waals surface area contributed by atoms with Crippen LogP contribution in [-0.2, 0) is 4.79 Å². The summed E-state index contributed by atoms with van der Waals surface area (Å²) in [6.45, 7) is 5.72. The molecule has 2 aromatic heterocycles. The number of rotatable bonds is 7. The lowest BCUT2D eigenvalue weighted by Crippen LogP contribution is -2.31. The van der Waals surface area contributed by atoms with E-state index in [-0.39, 0.29) is 5.57 Å². The molecule has 1 unspecified atom stereocenters. The predicted octanol–water partition coefficient (Wildman–Crippen LogP) is 4.26. The quantitative estimate of drug-likeness (QED) is 0.437. The highest BCUT2D eigenvalue weighted by Crippen LogP contribution is 2.43. The van der Waals surface area contributed by atoms with Gasteiger partial charge >= 0.3 is 0 Å². The van der Waals surface area contributed by atoms with Crippen LogP contribution >= 0.6 is 22.7 Å². The number of Topliss-reactive ketones (excluding diaryl/α,β-unsaturated/α-hetero) is 1. The Morgan fingerprint density at radius 1 is 1.33 bits per heavy atom. The van der Waals surface area contributed by atoms with Crippen LogP contribution in [0.5, 0.6) is 5.75 Å². The number of aliphatic hydroxyl groups is 1. The monoisotopic (exact) mass is 439 g/mol. The summed E-state index contributed by atoms with van der Waals surface area (Å²) < 4.78 is 5.61. The summed E-state index contributed by atoms with van der Waals surface area (Å²) in [6, 6.07) is 9.61. The zero-order chi connectivity index (χ0) is 21.3. The van der Waals surface area contributed by atoms with Crippen LogP contribution in [0, 0.1) is 6.92 Å². The van der Waals surface area contributed by atoms with E-state index in [1.165, 1.54) is 27.6 Å². The number of nitrogens with zero attached hydrogens (tertiary/aromatic N) is 3. The summed E-state index contributed by atoms with van der Waals surface area (Å²) >= 11 is 2.46. The van der Waals surface area contributed by atoms with Crippen LogP contribution in [0.1, 0.15) is 26.3 Å². The summed E-state index contributed by atoms with van der Waals surface area (Å²) in [5.41, 5.74) is 0.623. The number of aryl methyl sites for hydroxylation is 1. The Bertz CT molecular complexity index is 1150. The maximum atomic E-state index is 13.2. The predicted molar refractivity (Wildman–Crippen MR) is 115 cm³/mol. The summed E-state index contributed by atoms with van der Waals surface area (Å²) in [6.07, 6.45) is 1.62. The van der Waals surface area contributed by atoms with Crippen molar-refractivity contribution in [3.05, 3.63) is 81.2 Å². The SMILES string of the molecule is C=CCOc1cccc(C2C(C(=O)c3cccs3)=C(O)C(=O)N2c2nnc(C)s2)c1. The zero-order valence-electron chi connectivity index (χ0n) is 15.9. The van der Waals surface area contributed by atoms with Gasteiger partial charge in [-0.15, -0.1) is 21.5 Å². The van der Waals surface area contributed by atoms with E-state index in [1.54, 1.807) is 54.8 Å². The van der Waals surface area contributed by atoms with E-state index < -0.39 is 23.5 Å². The number of amides is 1. The molecule has 7 nitrogen and oxygen atoms in total. The fourth-order valence-electron chi connectivity index (χ4n) is 3.20. The minimum absolute atomic E-state index is 0.0103. The van der Waals surface area contributed by atoms with Gasteiger partial charge in [0.1, 0.15) is 17.4 Å². The van der Waals surface area contributed by atoms with E-state index in [0.717, 1.165) is 0 Å². The molecule has 0 radical (unpaired) electrons. The van der Waals surface area contributed by atoms with Gasteiger partial charge in [-0.05, 0) is 36.1 Å². The number of aliphatic hydroxyl groups excluding tert-OH is 1. The molecule has 30 heavy (non-hydrogen) atoms. The van der Waals surface area contributed by atoms with Crippen LogP contribution in [0.3, 0.4) is 0 Å². The Balaban J connectivity index is 1.84. The fourth-order valence-corrected chi connectivity index (χ4v) is 4.60. The number of carbonyl (C=O) groups excluding carboxylic acids is 2. The van der Waals surface area contributed by atoms with Crippen LogP contribution in [0.2, 0.25) is 0 Å². The highest BCUT2D eigenvalue weighted by atomic mass is 32.1. The second-order valence-electron chi connectivity index (χ2n) is 6.42. The number of thiophene rings is 1. The maximum absolute atomic E-state index is 13.2. The van der Waals surface area contributed by atoms with E-state index in [0.29, 0.717) is 32.9 Å². The second kappa shape index (κ2) is 8.21. The number of benzene rings is 1. The van der Waals surface area contributed by atoms with Crippen molar-refractivity contribution in [3.63, 3.8) is 0 Å². The van der Waals surface area contributed by atoms with Crippen molar-refractivity contribution >= 4 is 39.5 Å². The zero-order valence-corrected chi connectivity index (χ0v) is 17.6. The minimum Gasteiger partial charge on any atom is -0.503 e. The smallest absolute Gasteiger partial charge is 0.296 e.